The van der Waals surface area contributed by atoms with Gasteiger partial charge >= 0.3 is 5.97 Å². The Labute approximate surface area is 98.8 Å². The fourth-order valence-corrected chi connectivity index (χ4v) is 2.25. The third-order valence-electron chi connectivity index (χ3n) is 3.09. The monoisotopic (exact) mass is 237 g/mol. The highest BCUT2D eigenvalue weighted by Gasteiger charge is 2.31. The fourth-order valence-electron chi connectivity index (χ4n) is 2.25. The summed E-state index contributed by atoms with van der Waals surface area (Å²) >= 11 is 0. The highest BCUT2D eigenvalue weighted by atomic mass is 16.4. The van der Waals surface area contributed by atoms with Crippen LogP contribution in [0.15, 0.2) is 12.3 Å². The Balaban J connectivity index is 2.14. The molecular formula is C11H15N3O3. The zero-order chi connectivity index (χ0) is 12.4. The van der Waals surface area contributed by atoms with Gasteiger partial charge in [0.2, 0.25) is 0 Å². The van der Waals surface area contributed by atoms with Crippen LogP contribution in [-0.4, -0.2) is 44.3 Å². The van der Waals surface area contributed by atoms with Gasteiger partial charge < -0.3 is 10.0 Å². The number of aliphatic carboxylic acids is 1. The van der Waals surface area contributed by atoms with Crippen LogP contribution in [0.4, 0.5) is 0 Å². The van der Waals surface area contributed by atoms with Gasteiger partial charge in [0.1, 0.15) is 5.69 Å². The second-order valence-electron chi connectivity index (χ2n) is 4.23. The number of hydrogen-bond donors (Lipinski definition) is 1. The van der Waals surface area contributed by atoms with Crippen molar-refractivity contribution in [2.75, 3.05) is 6.54 Å². The Morgan fingerprint density at radius 3 is 2.94 bits per heavy atom. The maximum absolute atomic E-state index is 12.2. The van der Waals surface area contributed by atoms with E-state index in [-0.39, 0.29) is 18.4 Å². The molecule has 1 unspecified atom stereocenters. The third-order valence-corrected chi connectivity index (χ3v) is 3.09. The van der Waals surface area contributed by atoms with Crippen molar-refractivity contribution in [1.82, 2.24) is 14.7 Å². The highest BCUT2D eigenvalue weighted by Crippen LogP contribution is 2.22. The Morgan fingerprint density at radius 1 is 1.59 bits per heavy atom. The molecule has 1 N–H and O–H groups in total. The van der Waals surface area contributed by atoms with Crippen LogP contribution < -0.4 is 0 Å². The first-order chi connectivity index (χ1) is 8.09. The summed E-state index contributed by atoms with van der Waals surface area (Å²) in [6.07, 6.45) is 3.20. The van der Waals surface area contributed by atoms with Gasteiger partial charge in [-0.25, -0.2) is 0 Å². The van der Waals surface area contributed by atoms with Crippen molar-refractivity contribution in [1.29, 1.82) is 0 Å². The molecule has 17 heavy (non-hydrogen) atoms. The summed E-state index contributed by atoms with van der Waals surface area (Å²) in [5.41, 5.74) is 0.502. The summed E-state index contributed by atoms with van der Waals surface area (Å²) in [5.74, 6) is -0.992. The van der Waals surface area contributed by atoms with Gasteiger partial charge in [-0.1, -0.05) is 0 Å². The SMILES string of the molecule is Cn1nccc1C(=O)N1CCCC1CC(=O)O. The molecule has 1 saturated heterocycles. The maximum atomic E-state index is 12.2. The number of nitrogens with zero attached hydrogens (tertiary/aromatic N) is 3. The molecule has 1 atom stereocenters. The standard InChI is InChI=1S/C11H15N3O3/c1-13-9(4-5-12-13)11(17)14-6-2-3-8(14)7-10(15)16/h4-5,8H,2-3,6-7H2,1H3,(H,15,16). The molecule has 2 heterocycles. The van der Waals surface area contributed by atoms with Gasteiger partial charge in [0.05, 0.1) is 6.42 Å². The minimum absolute atomic E-state index is 0.0175. The molecule has 0 saturated carbocycles. The van der Waals surface area contributed by atoms with Crippen LogP contribution in [0.1, 0.15) is 29.8 Å². The predicted molar refractivity (Wildman–Crippen MR) is 59.5 cm³/mol. The average Bonchev–Trinajstić information content (AvgIpc) is 2.85. The van der Waals surface area contributed by atoms with Crippen LogP contribution in [0.2, 0.25) is 0 Å². The molecule has 1 amide bonds. The van der Waals surface area contributed by atoms with Crippen LogP contribution in [0.3, 0.4) is 0 Å². The molecule has 1 fully saturated rings. The Hall–Kier alpha value is -1.85. The zero-order valence-electron chi connectivity index (χ0n) is 9.67. The molecule has 6 nitrogen and oxygen atoms in total. The topological polar surface area (TPSA) is 75.4 Å². The van der Waals surface area contributed by atoms with Gasteiger partial charge in [0.25, 0.3) is 5.91 Å². The lowest BCUT2D eigenvalue weighted by Crippen LogP contribution is -2.37. The number of carbonyl (C=O) groups is 2. The summed E-state index contributed by atoms with van der Waals surface area (Å²) in [7, 11) is 1.70. The number of amides is 1. The lowest BCUT2D eigenvalue weighted by molar-refractivity contribution is -0.137. The minimum Gasteiger partial charge on any atom is -0.481 e. The van der Waals surface area contributed by atoms with E-state index in [9.17, 15) is 9.59 Å². The fraction of sp³-hybridized carbons (Fsp3) is 0.545. The Bertz CT molecular complexity index is 441. The van der Waals surface area contributed by atoms with Crippen LogP contribution >= 0.6 is 0 Å². The summed E-state index contributed by atoms with van der Waals surface area (Å²) in [4.78, 5) is 24.6. The smallest absolute Gasteiger partial charge is 0.305 e. The predicted octanol–water partition coefficient (Wildman–Crippen LogP) is 0.499. The van der Waals surface area contributed by atoms with Crippen LogP contribution in [0.25, 0.3) is 0 Å². The molecule has 0 aliphatic carbocycles. The molecule has 92 valence electrons. The molecule has 1 aromatic heterocycles. The molecule has 1 aliphatic heterocycles. The van der Waals surface area contributed by atoms with Crippen molar-refractivity contribution in [3.05, 3.63) is 18.0 Å². The highest BCUT2D eigenvalue weighted by molar-refractivity contribution is 5.93. The number of carboxylic acids is 1. The second-order valence-corrected chi connectivity index (χ2v) is 4.23. The molecule has 0 aromatic carbocycles. The van der Waals surface area contributed by atoms with E-state index in [1.54, 1.807) is 24.2 Å². The normalized spacial score (nSPS) is 19.6. The van der Waals surface area contributed by atoms with Gasteiger partial charge in [0.15, 0.2) is 0 Å². The molecule has 0 spiro atoms. The Morgan fingerprint density at radius 2 is 2.35 bits per heavy atom. The van der Waals surface area contributed by atoms with Crippen molar-refractivity contribution < 1.29 is 14.7 Å². The summed E-state index contributed by atoms with van der Waals surface area (Å²) in [6, 6.07) is 1.47. The van der Waals surface area contributed by atoms with Crippen molar-refractivity contribution in [3.8, 4) is 0 Å². The first kappa shape index (κ1) is 11.6. The molecule has 1 aliphatic rings. The van der Waals surface area contributed by atoms with Crippen molar-refractivity contribution in [2.45, 2.75) is 25.3 Å². The quantitative estimate of drug-likeness (QED) is 0.830. The van der Waals surface area contributed by atoms with Crippen LogP contribution in [0.5, 0.6) is 0 Å². The van der Waals surface area contributed by atoms with Crippen LogP contribution in [-0.2, 0) is 11.8 Å². The second kappa shape index (κ2) is 4.57. The zero-order valence-corrected chi connectivity index (χ0v) is 9.67. The Kier molecular flexibility index (Phi) is 3.12. The van der Waals surface area contributed by atoms with E-state index in [0.717, 1.165) is 12.8 Å². The first-order valence-electron chi connectivity index (χ1n) is 5.60. The molecule has 1 aromatic rings. The van der Waals surface area contributed by atoms with Crippen LogP contribution in [0, 0.1) is 0 Å². The first-order valence-corrected chi connectivity index (χ1v) is 5.60. The van der Waals surface area contributed by atoms with Gasteiger partial charge in [-0.3, -0.25) is 14.3 Å². The maximum Gasteiger partial charge on any atom is 0.305 e. The summed E-state index contributed by atoms with van der Waals surface area (Å²) < 4.78 is 1.51. The lowest BCUT2D eigenvalue weighted by atomic mass is 10.1. The number of hydrogen-bond acceptors (Lipinski definition) is 3. The number of carboxylic acid groups (broad SMARTS) is 1. The van der Waals surface area contributed by atoms with Gasteiger partial charge in [-0.15, -0.1) is 0 Å². The van der Waals surface area contributed by atoms with E-state index >= 15 is 0 Å². The number of aromatic nitrogens is 2. The molecular weight excluding hydrogens is 222 g/mol. The molecule has 6 heteroatoms. The van der Waals surface area contributed by atoms with Crippen molar-refractivity contribution in [3.63, 3.8) is 0 Å². The van der Waals surface area contributed by atoms with E-state index in [0.29, 0.717) is 12.2 Å². The van der Waals surface area contributed by atoms with E-state index in [1.165, 1.54) is 4.68 Å². The summed E-state index contributed by atoms with van der Waals surface area (Å²) in [5, 5.41) is 12.8. The number of carbonyl (C=O) groups excluding carboxylic acids is 1. The molecule has 2 rings (SSSR count). The van der Waals surface area contributed by atoms with E-state index < -0.39 is 5.97 Å². The van der Waals surface area contributed by atoms with E-state index in [1.807, 2.05) is 0 Å². The number of likely N-dealkylation sites (tertiary alicyclic amines) is 1. The van der Waals surface area contributed by atoms with Gasteiger partial charge in [-0.05, 0) is 18.9 Å². The largest absolute Gasteiger partial charge is 0.481 e. The number of rotatable bonds is 3. The van der Waals surface area contributed by atoms with E-state index in [2.05, 4.69) is 5.10 Å². The lowest BCUT2D eigenvalue weighted by Gasteiger charge is -2.23. The summed E-state index contributed by atoms with van der Waals surface area (Å²) in [6.45, 7) is 0.627. The minimum atomic E-state index is -0.861. The van der Waals surface area contributed by atoms with Crippen molar-refractivity contribution in [2.24, 2.45) is 7.05 Å². The third kappa shape index (κ3) is 2.30. The van der Waals surface area contributed by atoms with Crippen molar-refractivity contribution >= 4 is 11.9 Å². The van der Waals surface area contributed by atoms with Gasteiger partial charge in [-0.2, -0.15) is 5.10 Å². The van der Waals surface area contributed by atoms with E-state index in [4.69, 9.17) is 5.11 Å². The molecule has 0 radical (unpaired) electrons. The average molecular weight is 237 g/mol. The number of aryl methyl sites for hydroxylation is 1. The molecule has 0 bridgehead atoms. The van der Waals surface area contributed by atoms with Gasteiger partial charge in [0, 0.05) is 25.8 Å².